The molecule has 0 spiro atoms. The maximum Gasteiger partial charge on any atom is 0.323 e. The number of thioether (sulfide) groups is 1. The summed E-state index contributed by atoms with van der Waals surface area (Å²) < 4.78 is 20.1. The van der Waals surface area contributed by atoms with Crippen LogP contribution in [0.25, 0.3) is 0 Å². The predicted molar refractivity (Wildman–Crippen MR) is 159 cm³/mol. The first-order chi connectivity index (χ1) is 18.6. The minimum atomic E-state index is -0.472. The second-order valence-electron chi connectivity index (χ2n) is 9.99. The number of benzene rings is 2. The zero-order valence-corrected chi connectivity index (χ0v) is 23.7. The van der Waals surface area contributed by atoms with Crippen molar-refractivity contribution in [3.8, 4) is 5.75 Å². The zero-order valence-electron chi connectivity index (χ0n) is 22.9. The second-order valence-corrected chi connectivity index (χ2v) is 10.9. The van der Waals surface area contributed by atoms with Gasteiger partial charge in [0.2, 0.25) is 0 Å². The fourth-order valence-corrected chi connectivity index (χ4v) is 5.22. The van der Waals surface area contributed by atoms with E-state index >= 15 is 0 Å². The number of hydrogen-bond donors (Lipinski definition) is 2. The van der Waals surface area contributed by atoms with Gasteiger partial charge < -0.3 is 20.3 Å². The Morgan fingerprint density at radius 3 is 2.18 bits per heavy atom. The Hall–Kier alpha value is -2.67. The topological polar surface area (TPSA) is 53.6 Å². The first kappa shape index (κ1) is 29.9. The molecule has 0 atom stereocenters. The molecule has 0 bridgehead atoms. The molecule has 1 aliphatic heterocycles. The van der Waals surface area contributed by atoms with Crippen LogP contribution in [0.15, 0.2) is 54.1 Å². The molecule has 0 aliphatic carbocycles. The van der Waals surface area contributed by atoms with Gasteiger partial charge in [-0.05, 0) is 41.7 Å². The number of nitrogens with one attached hydrogen (secondary N) is 2. The normalized spacial score (nSPS) is 12.6. The summed E-state index contributed by atoms with van der Waals surface area (Å²) >= 11 is 1.76. The van der Waals surface area contributed by atoms with E-state index in [4.69, 9.17) is 4.74 Å². The molecule has 2 N–H and O–H groups in total. The summed E-state index contributed by atoms with van der Waals surface area (Å²) in [4.78, 5) is 14.6. The van der Waals surface area contributed by atoms with Crippen LogP contribution in [-0.4, -0.2) is 23.4 Å². The van der Waals surface area contributed by atoms with Crippen molar-refractivity contribution in [2.75, 3.05) is 23.1 Å². The summed E-state index contributed by atoms with van der Waals surface area (Å²) in [5, 5.41) is 7.60. The third kappa shape index (κ3) is 11.8. The van der Waals surface area contributed by atoms with E-state index in [-0.39, 0.29) is 5.75 Å². The van der Waals surface area contributed by atoms with Crippen LogP contribution in [0.4, 0.5) is 20.6 Å². The van der Waals surface area contributed by atoms with Crippen LogP contribution in [0, 0.1) is 5.82 Å². The third-order valence-electron chi connectivity index (χ3n) is 6.62. The van der Waals surface area contributed by atoms with E-state index in [1.807, 2.05) is 24.3 Å². The Morgan fingerprint density at radius 2 is 1.55 bits per heavy atom. The van der Waals surface area contributed by atoms with E-state index in [0.717, 1.165) is 30.8 Å². The molecule has 0 saturated heterocycles. The predicted octanol–water partition coefficient (Wildman–Crippen LogP) is 9.53. The van der Waals surface area contributed by atoms with Crippen LogP contribution in [0.5, 0.6) is 5.75 Å². The Labute approximate surface area is 232 Å². The Balaban J connectivity index is 1.28. The molecule has 0 unspecified atom stereocenters. The highest BCUT2D eigenvalue weighted by Gasteiger charge is 2.10. The van der Waals surface area contributed by atoms with Crippen molar-refractivity contribution in [1.82, 2.24) is 4.90 Å². The highest BCUT2D eigenvalue weighted by molar-refractivity contribution is 8.02. The molecule has 1 heterocycles. The van der Waals surface area contributed by atoms with Gasteiger partial charge in [0.05, 0.1) is 12.5 Å². The molecule has 208 valence electrons. The van der Waals surface area contributed by atoms with Crippen LogP contribution in [0.1, 0.15) is 89.5 Å². The number of amides is 2. The highest BCUT2D eigenvalue weighted by atomic mass is 32.2. The van der Waals surface area contributed by atoms with Gasteiger partial charge in [-0.1, -0.05) is 89.7 Å². The number of carbonyl (C=O) groups excluding carboxylic acids is 1. The van der Waals surface area contributed by atoms with Crippen molar-refractivity contribution in [2.45, 2.75) is 90.5 Å². The van der Waals surface area contributed by atoms with E-state index < -0.39 is 11.8 Å². The molecule has 0 aromatic heterocycles. The largest absolute Gasteiger partial charge is 0.491 e. The third-order valence-corrected chi connectivity index (χ3v) is 7.42. The van der Waals surface area contributed by atoms with Gasteiger partial charge in [0.15, 0.2) is 11.6 Å². The highest BCUT2D eigenvalue weighted by Crippen LogP contribution is 2.23. The first-order valence-electron chi connectivity index (χ1n) is 14.3. The maximum absolute atomic E-state index is 14.5. The molecule has 0 radical (unpaired) electrons. The lowest BCUT2D eigenvalue weighted by Gasteiger charge is -2.15. The van der Waals surface area contributed by atoms with Crippen molar-refractivity contribution in [2.24, 2.45) is 0 Å². The van der Waals surface area contributed by atoms with E-state index in [9.17, 15) is 9.18 Å². The summed E-state index contributed by atoms with van der Waals surface area (Å²) in [5.74, 6) is 0.684. The molecule has 2 aromatic rings. The summed E-state index contributed by atoms with van der Waals surface area (Å²) in [6, 6.07) is 11.9. The van der Waals surface area contributed by atoms with E-state index in [0.29, 0.717) is 18.0 Å². The van der Waals surface area contributed by atoms with Crippen LogP contribution < -0.4 is 15.4 Å². The first-order valence-corrected chi connectivity index (χ1v) is 15.3. The van der Waals surface area contributed by atoms with Crippen LogP contribution in [0.3, 0.4) is 0 Å². The average molecular weight is 542 g/mol. The number of unbranched alkanes of at least 4 members (excludes halogenated alkanes) is 11. The lowest BCUT2D eigenvalue weighted by atomic mass is 10.1. The maximum atomic E-state index is 14.5. The van der Waals surface area contributed by atoms with Crippen molar-refractivity contribution in [3.05, 3.63) is 65.5 Å². The van der Waals surface area contributed by atoms with Gasteiger partial charge in [-0.15, -0.1) is 11.8 Å². The molecule has 7 heteroatoms. The molecule has 2 aromatic carbocycles. The van der Waals surface area contributed by atoms with Crippen molar-refractivity contribution in [1.29, 1.82) is 0 Å². The lowest BCUT2D eigenvalue weighted by molar-refractivity contribution is 0.262. The number of halogens is 1. The van der Waals surface area contributed by atoms with Gasteiger partial charge in [-0.25, -0.2) is 9.18 Å². The molecule has 0 saturated carbocycles. The SMILES string of the molecule is CCCCCCCCCCCCCCOc1ccc(NC(=O)Nc2cccc(CN3C=CSC3)c2)cc1F. The molecule has 2 amide bonds. The number of nitrogens with zero attached hydrogens (tertiary/aromatic N) is 1. The monoisotopic (exact) mass is 541 g/mol. The van der Waals surface area contributed by atoms with Crippen LogP contribution in [0.2, 0.25) is 0 Å². The van der Waals surface area contributed by atoms with Gasteiger partial charge in [-0.3, -0.25) is 0 Å². The zero-order chi connectivity index (χ0) is 26.8. The molecule has 1 aliphatic rings. The number of hydrogen-bond acceptors (Lipinski definition) is 4. The minimum absolute atomic E-state index is 0.223. The minimum Gasteiger partial charge on any atom is -0.491 e. The Morgan fingerprint density at radius 1 is 0.895 bits per heavy atom. The molecule has 38 heavy (non-hydrogen) atoms. The fraction of sp³-hybridized carbons (Fsp3) is 0.516. The van der Waals surface area contributed by atoms with Gasteiger partial charge in [-0.2, -0.15) is 0 Å². The molecular weight excluding hydrogens is 497 g/mol. The van der Waals surface area contributed by atoms with Crippen LogP contribution >= 0.6 is 11.8 Å². The van der Waals surface area contributed by atoms with E-state index in [2.05, 4.69) is 34.1 Å². The number of anilines is 2. The fourth-order valence-electron chi connectivity index (χ4n) is 4.51. The Bertz CT molecular complexity index is 1000. The lowest BCUT2D eigenvalue weighted by Crippen LogP contribution is -2.20. The Kier molecular flexibility index (Phi) is 14.0. The van der Waals surface area contributed by atoms with Gasteiger partial charge in [0.1, 0.15) is 0 Å². The van der Waals surface area contributed by atoms with E-state index in [1.165, 1.54) is 70.3 Å². The number of urea groups is 1. The van der Waals surface area contributed by atoms with Gasteiger partial charge in [0, 0.05) is 30.2 Å². The van der Waals surface area contributed by atoms with Crippen molar-refractivity contribution >= 4 is 29.2 Å². The number of carbonyl (C=O) groups is 1. The molecule has 0 fully saturated rings. The molecule has 5 nitrogen and oxygen atoms in total. The van der Waals surface area contributed by atoms with E-state index in [1.54, 1.807) is 23.9 Å². The molecular formula is C31H44FN3O2S. The molecule has 3 rings (SSSR count). The number of ether oxygens (including phenoxy) is 1. The average Bonchev–Trinajstić information content (AvgIpc) is 3.41. The van der Waals surface area contributed by atoms with Gasteiger partial charge >= 0.3 is 6.03 Å². The quantitative estimate of drug-likeness (QED) is 0.185. The van der Waals surface area contributed by atoms with Crippen molar-refractivity contribution in [3.63, 3.8) is 0 Å². The van der Waals surface area contributed by atoms with Crippen LogP contribution in [-0.2, 0) is 6.54 Å². The van der Waals surface area contributed by atoms with Crippen molar-refractivity contribution < 1.29 is 13.9 Å². The summed E-state index contributed by atoms with van der Waals surface area (Å²) in [7, 11) is 0. The standard InChI is InChI=1S/C31H44FN3O2S/c1-2-3-4-5-6-7-8-9-10-11-12-13-20-37-30-18-17-28(23-29(30)32)34-31(36)33-27-16-14-15-26(22-27)24-35-19-21-38-25-35/h14-19,21-23H,2-13,20,24-25H2,1H3,(H2,33,34,36). The summed E-state index contributed by atoms with van der Waals surface area (Å²) in [6.07, 6.45) is 17.4. The summed E-state index contributed by atoms with van der Waals surface area (Å²) in [6.45, 7) is 3.55. The number of rotatable bonds is 18. The summed E-state index contributed by atoms with van der Waals surface area (Å²) in [5.41, 5.74) is 2.18. The van der Waals surface area contributed by atoms with Gasteiger partial charge in [0.25, 0.3) is 0 Å². The smallest absolute Gasteiger partial charge is 0.323 e. The second kappa shape index (κ2) is 17.8.